The van der Waals surface area contributed by atoms with Gasteiger partial charge >= 0.3 is 0 Å². The van der Waals surface area contributed by atoms with E-state index in [1.807, 2.05) is 29.8 Å². The molecule has 0 unspecified atom stereocenters. The Morgan fingerprint density at radius 2 is 2.08 bits per heavy atom. The predicted octanol–water partition coefficient (Wildman–Crippen LogP) is 2.67. The van der Waals surface area contributed by atoms with E-state index in [4.69, 9.17) is 0 Å². The molecule has 0 radical (unpaired) electrons. The van der Waals surface area contributed by atoms with Crippen LogP contribution < -0.4 is 10.6 Å². The fourth-order valence-corrected chi connectivity index (χ4v) is 3.18. The van der Waals surface area contributed by atoms with E-state index in [9.17, 15) is 4.79 Å². The van der Waals surface area contributed by atoms with Crippen LogP contribution in [-0.2, 0) is 0 Å². The number of aromatic nitrogens is 4. The average molecular weight is 361 g/mol. The fraction of sp³-hybridized carbons (Fsp3) is 0.353. The minimum absolute atomic E-state index is 0. The lowest BCUT2D eigenvalue weighted by Crippen LogP contribution is -2.29. The van der Waals surface area contributed by atoms with E-state index in [0.717, 1.165) is 48.2 Å². The number of fused-ring (bicyclic) bond motifs is 1. The van der Waals surface area contributed by atoms with Gasteiger partial charge in [-0.3, -0.25) is 4.79 Å². The summed E-state index contributed by atoms with van der Waals surface area (Å²) in [5.41, 5.74) is 3.25. The molecule has 0 bridgehead atoms. The zero-order chi connectivity index (χ0) is 16.5. The van der Waals surface area contributed by atoms with Gasteiger partial charge in [0, 0.05) is 22.3 Å². The second-order valence-corrected chi connectivity index (χ2v) is 6.27. The monoisotopic (exact) mass is 360 g/mol. The number of hydrogen-bond donors (Lipinski definition) is 3. The average Bonchev–Trinajstić information content (AvgIpc) is 3.21. The summed E-state index contributed by atoms with van der Waals surface area (Å²) in [5.74, 6) is -0.234. The van der Waals surface area contributed by atoms with Gasteiger partial charge < -0.3 is 15.6 Å². The first-order valence-corrected chi connectivity index (χ1v) is 8.22. The number of benzene rings is 1. The van der Waals surface area contributed by atoms with Crippen LogP contribution in [0, 0.1) is 6.92 Å². The number of carbonyl (C=O) groups excluding carboxylic acids is 1. The Labute approximate surface area is 151 Å². The zero-order valence-electron chi connectivity index (χ0n) is 14.0. The summed E-state index contributed by atoms with van der Waals surface area (Å²) in [7, 11) is 0. The van der Waals surface area contributed by atoms with Crippen molar-refractivity contribution in [3.8, 4) is 0 Å². The Bertz CT molecular complexity index is 880. The highest BCUT2D eigenvalue weighted by molar-refractivity contribution is 6.03. The normalized spacial score (nSPS) is 15.1. The largest absolute Gasteiger partial charge is 0.359 e. The van der Waals surface area contributed by atoms with Gasteiger partial charge in [-0.15, -0.1) is 17.5 Å². The molecular formula is C17H21ClN6O. The van der Waals surface area contributed by atoms with Crippen LogP contribution >= 0.6 is 12.4 Å². The van der Waals surface area contributed by atoms with Crippen molar-refractivity contribution in [2.24, 2.45) is 0 Å². The summed E-state index contributed by atoms with van der Waals surface area (Å²) in [6.07, 6.45) is 3.76. The third-order valence-electron chi connectivity index (χ3n) is 4.44. The van der Waals surface area contributed by atoms with Crippen molar-refractivity contribution in [2.45, 2.75) is 25.8 Å². The maximum absolute atomic E-state index is 12.4. The lowest BCUT2D eigenvalue weighted by Gasteiger charge is -2.22. The van der Waals surface area contributed by atoms with Crippen LogP contribution in [0.15, 0.2) is 30.5 Å². The van der Waals surface area contributed by atoms with E-state index < -0.39 is 0 Å². The molecule has 8 heteroatoms. The highest BCUT2D eigenvalue weighted by Gasteiger charge is 2.18. The maximum atomic E-state index is 12.4. The molecule has 0 aliphatic carbocycles. The van der Waals surface area contributed by atoms with E-state index >= 15 is 0 Å². The third kappa shape index (κ3) is 3.67. The van der Waals surface area contributed by atoms with E-state index in [2.05, 4.69) is 32.0 Å². The van der Waals surface area contributed by atoms with Gasteiger partial charge in [-0.25, -0.2) is 4.68 Å². The lowest BCUT2D eigenvalue weighted by atomic mass is 10.1. The summed E-state index contributed by atoms with van der Waals surface area (Å²) in [6.45, 7) is 3.96. The molecule has 4 rings (SSSR count). The number of amides is 1. The molecule has 7 nitrogen and oxygen atoms in total. The second kappa shape index (κ2) is 7.25. The first kappa shape index (κ1) is 17.4. The molecule has 1 aliphatic rings. The summed E-state index contributed by atoms with van der Waals surface area (Å²) < 4.78 is 1.81. The Morgan fingerprint density at radius 1 is 1.28 bits per heavy atom. The van der Waals surface area contributed by atoms with Gasteiger partial charge in [0.2, 0.25) is 0 Å². The van der Waals surface area contributed by atoms with Gasteiger partial charge in [-0.05, 0) is 57.1 Å². The highest BCUT2D eigenvalue weighted by Crippen LogP contribution is 2.21. The first-order chi connectivity index (χ1) is 11.7. The number of anilines is 1. The number of aromatic amines is 1. The van der Waals surface area contributed by atoms with E-state index in [-0.39, 0.29) is 18.3 Å². The van der Waals surface area contributed by atoms with E-state index in [1.165, 1.54) is 0 Å². The topological polar surface area (TPSA) is 87.6 Å². The molecule has 132 valence electrons. The third-order valence-corrected chi connectivity index (χ3v) is 4.44. The number of halogens is 1. The van der Waals surface area contributed by atoms with Crippen LogP contribution in [0.1, 0.15) is 35.1 Å². The molecule has 0 saturated carbocycles. The van der Waals surface area contributed by atoms with Crippen LogP contribution in [0.2, 0.25) is 0 Å². The molecule has 3 heterocycles. The Kier molecular flexibility index (Phi) is 5.06. The van der Waals surface area contributed by atoms with Crippen molar-refractivity contribution in [1.82, 2.24) is 25.3 Å². The van der Waals surface area contributed by atoms with Crippen molar-refractivity contribution in [3.63, 3.8) is 0 Å². The first-order valence-electron chi connectivity index (χ1n) is 8.22. The van der Waals surface area contributed by atoms with Gasteiger partial charge in [-0.2, -0.15) is 0 Å². The molecule has 0 atom stereocenters. The van der Waals surface area contributed by atoms with Crippen molar-refractivity contribution in [2.75, 3.05) is 18.4 Å². The van der Waals surface area contributed by atoms with Gasteiger partial charge in [0.15, 0.2) is 5.69 Å². The minimum Gasteiger partial charge on any atom is -0.359 e. The molecule has 1 aliphatic heterocycles. The summed E-state index contributed by atoms with van der Waals surface area (Å²) >= 11 is 0. The number of H-pyrrole nitrogens is 1. The molecule has 3 aromatic rings. The van der Waals surface area contributed by atoms with Gasteiger partial charge in [-0.1, -0.05) is 5.21 Å². The second-order valence-electron chi connectivity index (χ2n) is 6.27. The number of hydrogen-bond acceptors (Lipinski definition) is 4. The van der Waals surface area contributed by atoms with E-state index in [1.54, 1.807) is 6.20 Å². The maximum Gasteiger partial charge on any atom is 0.277 e. The minimum atomic E-state index is -0.234. The Balaban J connectivity index is 0.00000182. The van der Waals surface area contributed by atoms with Crippen molar-refractivity contribution >= 4 is 34.9 Å². The standard InChI is InChI=1S/C17H20N6O.ClH/c1-11-8-12-9-13(2-3-15(12)19-11)20-17(24)16-10-23(22-21-16)14-4-6-18-7-5-14;/h2-3,8-10,14,18-19H,4-7H2,1H3,(H,20,24);1H. The van der Waals surface area contributed by atoms with Crippen molar-refractivity contribution in [1.29, 1.82) is 0 Å². The van der Waals surface area contributed by atoms with Crippen LogP contribution in [0.5, 0.6) is 0 Å². The summed E-state index contributed by atoms with van der Waals surface area (Å²) in [6, 6.07) is 8.17. The smallest absolute Gasteiger partial charge is 0.277 e. The Morgan fingerprint density at radius 3 is 2.88 bits per heavy atom. The Hall–Kier alpha value is -2.38. The van der Waals surface area contributed by atoms with Crippen LogP contribution in [0.25, 0.3) is 10.9 Å². The fourth-order valence-electron chi connectivity index (χ4n) is 3.18. The van der Waals surface area contributed by atoms with Gasteiger partial charge in [0.25, 0.3) is 5.91 Å². The number of rotatable bonds is 3. The zero-order valence-corrected chi connectivity index (χ0v) is 14.8. The molecule has 0 spiro atoms. The molecule has 2 aromatic heterocycles. The number of nitrogens with one attached hydrogen (secondary N) is 3. The van der Waals surface area contributed by atoms with Gasteiger partial charge in [0.1, 0.15) is 0 Å². The summed E-state index contributed by atoms with van der Waals surface area (Å²) in [5, 5.41) is 15.4. The molecular weight excluding hydrogens is 340 g/mol. The lowest BCUT2D eigenvalue weighted by molar-refractivity contribution is 0.102. The quantitative estimate of drug-likeness (QED) is 0.670. The van der Waals surface area contributed by atoms with Crippen LogP contribution in [-0.4, -0.2) is 39.0 Å². The molecule has 1 amide bonds. The van der Waals surface area contributed by atoms with Crippen molar-refractivity contribution < 1.29 is 4.79 Å². The number of carbonyl (C=O) groups is 1. The molecule has 1 fully saturated rings. The van der Waals surface area contributed by atoms with Gasteiger partial charge in [0.05, 0.1) is 12.2 Å². The van der Waals surface area contributed by atoms with Crippen molar-refractivity contribution in [3.05, 3.63) is 41.9 Å². The van der Waals surface area contributed by atoms with Crippen LogP contribution in [0.4, 0.5) is 5.69 Å². The SMILES string of the molecule is Cc1cc2cc(NC(=O)c3cn(C4CCNCC4)nn3)ccc2[nH]1.Cl. The molecule has 1 aromatic carbocycles. The number of nitrogens with zero attached hydrogens (tertiary/aromatic N) is 3. The molecule has 1 saturated heterocycles. The van der Waals surface area contributed by atoms with Crippen LogP contribution in [0.3, 0.4) is 0 Å². The number of aryl methyl sites for hydroxylation is 1. The molecule has 3 N–H and O–H groups in total. The number of piperidine rings is 1. The highest BCUT2D eigenvalue weighted by atomic mass is 35.5. The molecule has 25 heavy (non-hydrogen) atoms. The predicted molar refractivity (Wildman–Crippen MR) is 99.4 cm³/mol. The van der Waals surface area contributed by atoms with E-state index in [0.29, 0.717) is 11.7 Å². The summed E-state index contributed by atoms with van der Waals surface area (Å²) in [4.78, 5) is 15.7.